The van der Waals surface area contributed by atoms with E-state index in [-0.39, 0.29) is 24.8 Å². The first-order valence-electron chi connectivity index (χ1n) is 10.6. The summed E-state index contributed by atoms with van der Waals surface area (Å²) in [5.41, 5.74) is 7.11. The van der Waals surface area contributed by atoms with Crippen LogP contribution in [-0.2, 0) is 24.7 Å². The van der Waals surface area contributed by atoms with Crippen LogP contribution in [-0.4, -0.2) is 5.29 Å². The number of benzene rings is 2. The Labute approximate surface area is 229 Å². The van der Waals surface area contributed by atoms with Gasteiger partial charge >= 0.3 is 145 Å². The van der Waals surface area contributed by atoms with Crippen molar-refractivity contribution in [2.45, 2.75) is 17.0 Å². The van der Waals surface area contributed by atoms with Crippen LogP contribution < -0.4 is 24.8 Å². The number of thiophene rings is 1. The van der Waals surface area contributed by atoms with E-state index in [4.69, 9.17) is 0 Å². The Balaban J connectivity index is 0.000000217. The molecule has 0 fully saturated rings. The molecule has 33 heavy (non-hydrogen) atoms. The van der Waals surface area contributed by atoms with Gasteiger partial charge in [-0.2, -0.15) is 0 Å². The normalized spacial score (nSPS) is 17.2. The number of fused-ring (bicyclic) bond motifs is 2. The van der Waals surface area contributed by atoms with E-state index in [1.54, 1.807) is 30.0 Å². The van der Waals surface area contributed by atoms with E-state index in [2.05, 4.69) is 104 Å². The quantitative estimate of drug-likeness (QED) is 0.416. The van der Waals surface area contributed by atoms with E-state index in [0.29, 0.717) is 3.63 Å². The fourth-order valence-corrected chi connectivity index (χ4v) is 7.63. The molecule has 2 heterocycles. The van der Waals surface area contributed by atoms with Gasteiger partial charge in [-0.25, -0.2) is 0 Å². The Morgan fingerprint density at radius 2 is 1.61 bits per heavy atom. The number of hydrogen-bond donors (Lipinski definition) is 0. The summed E-state index contributed by atoms with van der Waals surface area (Å²) in [5.74, 6) is 0. The van der Waals surface area contributed by atoms with Gasteiger partial charge in [0.2, 0.25) is 0 Å². The predicted octanol–water partition coefficient (Wildman–Crippen LogP) is 2.47. The van der Waals surface area contributed by atoms with Crippen molar-refractivity contribution in [3.63, 3.8) is 0 Å². The summed E-state index contributed by atoms with van der Waals surface area (Å²) < 4.78 is 0.579. The molecule has 0 spiro atoms. The van der Waals surface area contributed by atoms with E-state index in [1.807, 2.05) is 11.3 Å². The average Bonchev–Trinajstić information content (AvgIpc) is 3.58. The van der Waals surface area contributed by atoms with Gasteiger partial charge in [-0.15, -0.1) is 0 Å². The van der Waals surface area contributed by atoms with Crippen molar-refractivity contribution in [1.82, 2.24) is 0 Å². The molecular formula is C28H22Cl2PSZr. The number of hydrogen-bond acceptors (Lipinski definition) is 1. The van der Waals surface area contributed by atoms with E-state index < -0.39 is 0 Å². The molecule has 2 aromatic carbocycles. The zero-order chi connectivity index (χ0) is 21.2. The van der Waals surface area contributed by atoms with Gasteiger partial charge in [-0.3, -0.25) is 0 Å². The molecular weight excluding hydrogens is 561 g/mol. The Morgan fingerprint density at radius 3 is 2.33 bits per heavy atom. The first kappa shape index (κ1) is 26.3. The molecule has 163 valence electrons. The van der Waals surface area contributed by atoms with Crippen LogP contribution in [0.2, 0.25) is 0 Å². The van der Waals surface area contributed by atoms with Crippen LogP contribution in [0.1, 0.15) is 33.0 Å². The number of rotatable bonds is 3. The summed E-state index contributed by atoms with van der Waals surface area (Å²) in [6.45, 7) is 2.21. The van der Waals surface area contributed by atoms with Gasteiger partial charge in [0.1, 0.15) is 0 Å². The van der Waals surface area contributed by atoms with Crippen LogP contribution in [0.4, 0.5) is 0 Å². The van der Waals surface area contributed by atoms with E-state index in [9.17, 15) is 0 Å². The first-order valence-corrected chi connectivity index (χ1v) is 13.7. The molecule has 0 N–H and O–H groups in total. The van der Waals surface area contributed by atoms with E-state index in [0.717, 1.165) is 0 Å². The van der Waals surface area contributed by atoms with Crippen LogP contribution in [0.15, 0.2) is 102 Å². The topological polar surface area (TPSA) is 0 Å². The second kappa shape index (κ2) is 11.9. The molecule has 0 saturated heterocycles. The summed E-state index contributed by atoms with van der Waals surface area (Å²) in [4.78, 5) is 2.76. The van der Waals surface area contributed by atoms with Crippen molar-refractivity contribution < 1.29 is 49.5 Å². The minimum atomic E-state index is 0. The van der Waals surface area contributed by atoms with Crippen LogP contribution in [0, 0.1) is 0 Å². The molecule has 6 rings (SSSR count). The van der Waals surface area contributed by atoms with E-state index >= 15 is 0 Å². The molecule has 0 saturated carbocycles. The number of halogens is 2. The molecule has 1 atom stereocenters. The third-order valence-corrected chi connectivity index (χ3v) is 9.74. The zero-order valence-electron chi connectivity index (χ0n) is 18.1. The van der Waals surface area contributed by atoms with Gasteiger partial charge in [0.25, 0.3) is 0 Å². The predicted molar refractivity (Wildman–Crippen MR) is 134 cm³/mol. The monoisotopic (exact) mass is 581 g/mol. The molecule has 0 amide bonds. The summed E-state index contributed by atoms with van der Waals surface area (Å²) in [6, 6.07) is 23.9. The minimum absolute atomic E-state index is 0. The van der Waals surface area contributed by atoms with E-state index in [1.165, 1.54) is 57.5 Å². The van der Waals surface area contributed by atoms with Gasteiger partial charge in [0.15, 0.2) is 0 Å². The van der Waals surface area contributed by atoms with Crippen molar-refractivity contribution in [2.75, 3.05) is 0 Å². The Hall–Kier alpha value is -1.27. The molecule has 0 nitrogen and oxygen atoms in total. The summed E-state index contributed by atoms with van der Waals surface area (Å²) >= 11 is 3.47. The first-order chi connectivity index (χ1) is 15.2. The van der Waals surface area contributed by atoms with Crippen molar-refractivity contribution in [3.05, 3.63) is 118 Å². The Bertz CT molecular complexity index is 1280. The zero-order valence-corrected chi connectivity index (χ0v) is 23.8. The third-order valence-electron chi connectivity index (χ3n) is 5.65. The summed E-state index contributed by atoms with van der Waals surface area (Å²) in [6.07, 6.45) is 12.4. The Kier molecular flexibility index (Phi) is 9.52. The molecule has 1 aliphatic heterocycles. The van der Waals surface area contributed by atoms with Crippen LogP contribution in [0.5, 0.6) is 0 Å². The van der Waals surface area contributed by atoms with Crippen LogP contribution in [0.3, 0.4) is 0 Å². The average molecular weight is 584 g/mol. The molecule has 5 heteroatoms. The van der Waals surface area contributed by atoms with Gasteiger partial charge in [0, 0.05) is 5.31 Å². The molecule has 0 bridgehead atoms. The van der Waals surface area contributed by atoms with Gasteiger partial charge in [-0.1, -0.05) is 27.3 Å². The van der Waals surface area contributed by atoms with Gasteiger partial charge < -0.3 is 24.8 Å². The Morgan fingerprint density at radius 1 is 0.879 bits per heavy atom. The standard InChI is InChI=1S/C19H13S.C9H9P.2ClH.Zr/c1-2-6-14(7-3-1)18-10-11-19(20-18)17-12-15-8-4-5-9-16(15)13-17;1-2-8-6-7-4-3-5-9(7)10-8;;;/h1-13H;3-6H,2H2,1H3;2*1H;/q;;;;+2/p-2. The molecule has 3 aliphatic rings. The summed E-state index contributed by atoms with van der Waals surface area (Å²) in [7, 11) is 1.43. The molecule has 0 radical (unpaired) electrons. The molecule has 2 aliphatic carbocycles. The fourth-order valence-electron chi connectivity index (χ4n) is 3.98. The van der Waals surface area contributed by atoms with Crippen molar-refractivity contribution in [1.29, 1.82) is 0 Å². The van der Waals surface area contributed by atoms with Crippen LogP contribution in [0.25, 0.3) is 22.1 Å². The maximum absolute atomic E-state index is 2.37. The SMILES string of the molecule is CCC1=PC2=CC=CC2=C1.[Cl-].[Cl-].[Zr+2][CH]1C(c2ccc(-c3ccccc3)s2)=Cc2ccccc21. The van der Waals surface area contributed by atoms with Crippen molar-refractivity contribution in [3.8, 4) is 10.4 Å². The maximum atomic E-state index is 2.37. The molecule has 3 aromatic rings. The van der Waals surface area contributed by atoms with Crippen molar-refractivity contribution in [2.24, 2.45) is 0 Å². The molecule has 1 unspecified atom stereocenters. The second-order valence-electron chi connectivity index (χ2n) is 7.66. The molecule has 1 aromatic heterocycles. The van der Waals surface area contributed by atoms with Gasteiger partial charge in [0.05, 0.1) is 0 Å². The fraction of sp³-hybridized carbons (Fsp3) is 0.107. The van der Waals surface area contributed by atoms with Crippen LogP contribution >= 0.6 is 19.5 Å². The third kappa shape index (κ3) is 5.70. The summed E-state index contributed by atoms with van der Waals surface area (Å²) in [5, 5.41) is 3.03. The number of allylic oxidation sites excluding steroid dienone is 7. The second-order valence-corrected chi connectivity index (χ2v) is 11.4. The van der Waals surface area contributed by atoms with Crippen molar-refractivity contribution >= 4 is 36.5 Å². The van der Waals surface area contributed by atoms with Gasteiger partial charge in [-0.05, 0) is 29.4 Å².